The van der Waals surface area contributed by atoms with Crippen molar-refractivity contribution in [2.45, 2.75) is 13.7 Å². The van der Waals surface area contributed by atoms with Gasteiger partial charge >= 0.3 is 5.97 Å². The number of aromatic nitrogens is 1. The molecule has 0 aliphatic heterocycles. The molecule has 1 aromatic heterocycles. The lowest BCUT2D eigenvalue weighted by atomic mass is 10.3. The smallest absolute Gasteiger partial charge is 0.342 e. The topological polar surface area (TPSA) is 64.2 Å². The van der Waals surface area contributed by atoms with E-state index in [0.29, 0.717) is 26.9 Å². The van der Waals surface area contributed by atoms with Gasteiger partial charge in [-0.15, -0.1) is 0 Å². The minimum absolute atomic E-state index is 0.199. The van der Waals surface area contributed by atoms with E-state index < -0.39 is 12.3 Å². The monoisotopic (exact) mass is 582 g/mol. The molecule has 0 aromatic carbocycles. The molecule has 23 heavy (non-hydrogen) atoms. The van der Waals surface area contributed by atoms with Crippen molar-refractivity contribution in [1.29, 1.82) is 5.26 Å². The molecule has 0 saturated heterocycles. The number of thiol groups is 1. The molecule has 0 saturated carbocycles. The molecule has 1 rings (SSSR count). The van der Waals surface area contributed by atoms with Crippen LogP contribution in [0.25, 0.3) is 0 Å². The Morgan fingerprint density at radius 1 is 1.39 bits per heavy atom. The van der Waals surface area contributed by atoms with Crippen molar-refractivity contribution in [3.63, 3.8) is 0 Å². The van der Waals surface area contributed by atoms with E-state index in [1.165, 1.54) is 0 Å². The maximum atomic E-state index is 12.0. The number of halogens is 3. The molecule has 5 nitrogen and oxygen atoms in total. The lowest BCUT2D eigenvalue weighted by Crippen LogP contribution is -2.16. The van der Waals surface area contributed by atoms with Gasteiger partial charge in [-0.1, -0.05) is 0 Å². The van der Waals surface area contributed by atoms with E-state index in [4.69, 9.17) is 9.47 Å². The van der Waals surface area contributed by atoms with Gasteiger partial charge in [0.05, 0.1) is 17.7 Å². The Balaban J connectivity index is 2.94. The Morgan fingerprint density at radius 3 is 2.48 bits per heavy atom. The van der Waals surface area contributed by atoms with Crippen LogP contribution in [0.4, 0.5) is 0 Å². The number of hydrogen-bond donors (Lipinski definition) is 1. The van der Waals surface area contributed by atoms with E-state index in [9.17, 15) is 10.1 Å². The molecular weight excluding hydrogens is 563 g/mol. The first-order valence-corrected chi connectivity index (χ1v) is 15.1. The van der Waals surface area contributed by atoms with Crippen LogP contribution in [0.5, 0.6) is 0 Å². The van der Waals surface area contributed by atoms with Crippen molar-refractivity contribution < 1.29 is 14.3 Å². The van der Waals surface area contributed by atoms with E-state index in [-0.39, 0.29) is 13.3 Å². The van der Waals surface area contributed by atoms with Gasteiger partial charge in [0.25, 0.3) is 0 Å². The second-order valence-corrected chi connectivity index (χ2v) is 24.8. The zero-order valence-electron chi connectivity index (χ0n) is 13.5. The summed E-state index contributed by atoms with van der Waals surface area (Å²) in [7, 11) is 0. The predicted molar refractivity (Wildman–Crippen MR) is 112 cm³/mol. The third-order valence-corrected chi connectivity index (χ3v) is 7.67. The highest BCUT2D eigenvalue weighted by molar-refractivity contribution is 14.2. The minimum atomic E-state index is -1.65. The molecule has 132 valence electrons. The first-order chi connectivity index (χ1) is 10.5. The number of esters is 1. The van der Waals surface area contributed by atoms with Crippen LogP contribution in [0.15, 0.2) is 9.08 Å². The molecule has 0 spiro atoms. The summed E-state index contributed by atoms with van der Waals surface area (Å²) in [6.07, 6.45) is 5.18. The summed E-state index contributed by atoms with van der Waals surface area (Å²) in [5, 5.41) is 9.35. The maximum Gasteiger partial charge on any atom is 0.342 e. The number of hydrogen-bond acceptors (Lipinski definition) is 4. The molecule has 0 atom stereocenters. The second kappa shape index (κ2) is 8.08. The number of carbonyl (C=O) groups excluding carboxylic acids is 1. The molecule has 0 aliphatic rings. The number of ether oxygens (including phenoxy) is 2. The van der Waals surface area contributed by atoms with Crippen LogP contribution in [-0.4, -0.2) is 48.3 Å². The zero-order valence-corrected chi connectivity index (χ0v) is 19.8. The van der Waals surface area contributed by atoms with Crippen LogP contribution in [-0.2, 0) is 16.2 Å². The summed E-state index contributed by atoms with van der Waals surface area (Å²) in [6.45, 7) is 2.81. The lowest BCUT2D eigenvalue weighted by Gasteiger charge is -2.44. The van der Waals surface area contributed by atoms with Gasteiger partial charge in [-0.25, -0.2) is 11.1 Å². The van der Waals surface area contributed by atoms with E-state index in [1.54, 1.807) is 11.5 Å². The highest BCUT2D eigenvalue weighted by atomic mass is 127. The Hall–Kier alpha value is 0.240. The molecule has 0 fully saturated rings. The molecule has 0 bridgehead atoms. The van der Waals surface area contributed by atoms with Crippen LogP contribution in [0, 0.1) is 11.3 Å². The van der Waals surface area contributed by atoms with E-state index >= 15 is 0 Å². The third-order valence-electron chi connectivity index (χ3n) is 2.94. The van der Waals surface area contributed by atoms with Gasteiger partial charge in [0, 0.05) is 0 Å². The standard InChI is InChI=1S/C14H21Br2IN2O3S/c1-5-22-14(20)11-12(15)10(8-18)19(13(11)16)9-21-6-7-23(2,3,4)17/h23H,5-7,9H2,1-4H3. The summed E-state index contributed by atoms with van der Waals surface area (Å²) in [5.41, 5.74) is 0.637. The first kappa shape index (κ1) is 21.3. The summed E-state index contributed by atoms with van der Waals surface area (Å²) < 4.78 is 13.3. The molecule has 0 amide bonds. The molecule has 1 aromatic rings. The van der Waals surface area contributed by atoms with Gasteiger partial charge in [-0.2, -0.15) is 5.26 Å². The molecule has 0 radical (unpaired) electrons. The summed E-state index contributed by atoms with van der Waals surface area (Å²) in [6, 6.07) is 2.09. The number of carbonyl (C=O) groups is 1. The predicted octanol–water partition coefficient (Wildman–Crippen LogP) is 4.35. The van der Waals surface area contributed by atoms with Crippen molar-refractivity contribution >= 4 is 65.4 Å². The first-order valence-electron chi connectivity index (χ1n) is 6.92. The van der Waals surface area contributed by atoms with Crippen LogP contribution >= 0.6 is 59.4 Å². The normalized spacial score (nSPS) is 13.2. The van der Waals surface area contributed by atoms with Gasteiger partial charge in [0.2, 0.25) is 0 Å². The maximum absolute atomic E-state index is 12.0. The second-order valence-electron chi connectivity index (χ2n) is 6.27. The Labute approximate surface area is 166 Å². The lowest BCUT2D eigenvalue weighted by molar-refractivity contribution is 0.0522. The SMILES string of the molecule is CCOC(=O)c1c(Br)c(C#N)n(COCC[SH](C)(C)(C)I)c1Br. The molecule has 9 heteroatoms. The average molecular weight is 584 g/mol. The Bertz CT molecular complexity index is 638. The fourth-order valence-electron chi connectivity index (χ4n) is 1.70. The van der Waals surface area contributed by atoms with Crippen molar-refractivity contribution in [3.8, 4) is 6.07 Å². The van der Waals surface area contributed by atoms with E-state index in [2.05, 4.69) is 77.9 Å². The van der Waals surface area contributed by atoms with E-state index in [0.717, 1.165) is 5.75 Å². The molecular formula is C14H21Br2IN2O3S. The highest BCUT2D eigenvalue weighted by Crippen LogP contribution is 2.67. The van der Waals surface area contributed by atoms with Crippen LogP contribution in [0.1, 0.15) is 23.0 Å². The van der Waals surface area contributed by atoms with Gasteiger partial charge in [0.1, 0.15) is 28.7 Å². The van der Waals surface area contributed by atoms with Crippen molar-refractivity contribution in [3.05, 3.63) is 20.3 Å². The molecule has 0 unspecified atom stereocenters. The number of nitriles is 1. The van der Waals surface area contributed by atoms with Crippen LogP contribution < -0.4 is 0 Å². The Kier molecular flexibility index (Phi) is 7.48. The van der Waals surface area contributed by atoms with Crippen LogP contribution in [0.2, 0.25) is 0 Å². The summed E-state index contributed by atoms with van der Waals surface area (Å²) >= 11 is 9.21. The zero-order chi connectivity index (χ0) is 17.9. The minimum Gasteiger partial charge on any atom is -0.462 e. The quantitative estimate of drug-likeness (QED) is 0.224. The van der Waals surface area contributed by atoms with Crippen molar-refractivity contribution in [1.82, 2.24) is 4.57 Å². The van der Waals surface area contributed by atoms with Gasteiger partial charge in [-0.05, 0) is 84.5 Å². The van der Waals surface area contributed by atoms with Gasteiger partial charge in [-0.3, -0.25) is 0 Å². The van der Waals surface area contributed by atoms with Crippen molar-refractivity contribution in [2.75, 3.05) is 37.7 Å². The number of rotatable bonds is 7. The fraction of sp³-hybridized carbons (Fsp3) is 0.571. The van der Waals surface area contributed by atoms with Gasteiger partial charge in [0.15, 0.2) is 0 Å². The average Bonchev–Trinajstić information content (AvgIpc) is 2.64. The van der Waals surface area contributed by atoms with Crippen LogP contribution in [0.3, 0.4) is 0 Å². The highest BCUT2D eigenvalue weighted by Gasteiger charge is 2.26. The third kappa shape index (κ3) is 6.23. The molecule has 1 heterocycles. The fourth-order valence-corrected chi connectivity index (χ4v) is 4.59. The van der Waals surface area contributed by atoms with E-state index in [1.807, 2.05) is 0 Å². The Morgan fingerprint density at radius 2 is 2.00 bits per heavy atom. The number of nitrogens with zero attached hydrogens (tertiary/aromatic N) is 2. The van der Waals surface area contributed by atoms with Gasteiger partial charge < -0.3 is 14.0 Å². The largest absolute Gasteiger partial charge is 0.462 e. The summed E-state index contributed by atoms with van der Waals surface area (Å²) in [5.74, 6) is 0.508. The summed E-state index contributed by atoms with van der Waals surface area (Å²) in [4.78, 5) is 12.0. The van der Waals surface area contributed by atoms with Crippen molar-refractivity contribution in [2.24, 2.45) is 0 Å². The molecule has 0 aliphatic carbocycles. The molecule has 0 N–H and O–H groups in total.